The van der Waals surface area contributed by atoms with Gasteiger partial charge in [-0.3, -0.25) is 0 Å². The van der Waals surface area contributed by atoms with Crippen LogP contribution in [0.2, 0.25) is 0 Å². The van der Waals surface area contributed by atoms with Crippen molar-refractivity contribution in [3.05, 3.63) is 0 Å². The van der Waals surface area contributed by atoms with Crippen molar-refractivity contribution in [3.8, 4) is 0 Å². The van der Waals surface area contributed by atoms with E-state index >= 15 is 0 Å². The van der Waals surface area contributed by atoms with Crippen molar-refractivity contribution in [2.45, 2.75) is 122 Å². The van der Waals surface area contributed by atoms with E-state index in [-0.39, 0.29) is 29.0 Å². The molecule has 11 atom stereocenters. The van der Waals surface area contributed by atoms with E-state index in [0.29, 0.717) is 54.9 Å². The minimum atomic E-state index is -3.50. The Hall–Kier alpha value is -0.860. The number of hydrogen-bond donors (Lipinski definition) is 4. The van der Waals surface area contributed by atoms with E-state index in [0.717, 1.165) is 38.5 Å². The Bertz CT molecular complexity index is 985. The van der Waals surface area contributed by atoms with Gasteiger partial charge in [0, 0.05) is 6.54 Å². The fourth-order valence-corrected chi connectivity index (χ4v) is 11.6. The van der Waals surface area contributed by atoms with Crippen LogP contribution in [-0.2, 0) is 10.0 Å². The topological polar surface area (TPSA) is 116 Å². The number of hydrogen-bond acceptors (Lipinski definition) is 5. The summed E-state index contributed by atoms with van der Waals surface area (Å²) in [5, 5.41) is 24.7. The normalized spacial score (nSPS) is 45.4. The molecule has 0 bridgehead atoms. The maximum absolute atomic E-state index is 12.1. The van der Waals surface area contributed by atoms with E-state index in [1.54, 1.807) is 0 Å². The molecule has 38 heavy (non-hydrogen) atoms. The van der Waals surface area contributed by atoms with Crippen LogP contribution in [-0.4, -0.2) is 48.7 Å². The van der Waals surface area contributed by atoms with Crippen molar-refractivity contribution < 1.29 is 23.4 Å². The number of urea groups is 1. The lowest BCUT2D eigenvalue weighted by atomic mass is 9.41. The summed E-state index contributed by atoms with van der Waals surface area (Å²) < 4.78 is 26.1. The monoisotopic (exact) mass is 552 g/mol. The Balaban J connectivity index is 1.20. The summed E-state index contributed by atoms with van der Waals surface area (Å²) in [6.07, 6.45) is 11.3. The van der Waals surface area contributed by atoms with Crippen LogP contribution in [0, 0.1) is 52.3 Å². The molecular formula is C30H52N2O5S. The highest BCUT2D eigenvalue weighted by Crippen LogP contribution is 2.69. The van der Waals surface area contributed by atoms with Crippen molar-refractivity contribution in [2.24, 2.45) is 52.3 Å². The van der Waals surface area contributed by atoms with Gasteiger partial charge < -0.3 is 15.5 Å². The molecule has 0 spiro atoms. The molecular weight excluding hydrogens is 500 g/mol. The van der Waals surface area contributed by atoms with Crippen LogP contribution in [0.15, 0.2) is 0 Å². The second-order valence-electron chi connectivity index (χ2n) is 14.3. The van der Waals surface area contributed by atoms with Crippen LogP contribution < -0.4 is 10.0 Å². The van der Waals surface area contributed by atoms with Crippen molar-refractivity contribution in [1.82, 2.24) is 10.0 Å². The molecule has 0 heterocycles. The van der Waals surface area contributed by atoms with Crippen LogP contribution in [0.5, 0.6) is 0 Å². The summed E-state index contributed by atoms with van der Waals surface area (Å²) in [5.41, 5.74) is 0.467. The number of nitrogens with one attached hydrogen (secondary N) is 2. The third-order valence-corrected chi connectivity index (χ3v) is 14.3. The molecule has 0 unspecified atom stereocenters. The summed E-state index contributed by atoms with van der Waals surface area (Å²) in [7, 11) is -3.50. The maximum atomic E-state index is 12.1. The van der Waals surface area contributed by atoms with E-state index in [1.165, 1.54) is 25.7 Å². The first-order chi connectivity index (χ1) is 17.9. The predicted octanol–water partition coefficient (Wildman–Crippen LogP) is 4.82. The first-order valence-electron chi connectivity index (χ1n) is 15.6. The van der Waals surface area contributed by atoms with E-state index in [9.17, 15) is 23.4 Å². The molecule has 7 nitrogen and oxygen atoms in total. The van der Waals surface area contributed by atoms with Gasteiger partial charge >= 0.3 is 6.03 Å². The standard InChI is InChI=1S/C30H52N2O5S/c1-5-21-25-17-19(33)12-14-30(25,4)24-13-15-29(3)22(10-11-23(29)26(24)27(21)34)18(2)7-6-16-31-28(35)32-38(36,37)20-8-9-20/h18-27,33-34H,5-17H2,1-4H3,(H2,31,32,35)/t18-,19-,21-,22-,23+,24+,25+,26+,27-,29-,30-/m1/s1. The zero-order valence-electron chi connectivity index (χ0n) is 24.0. The van der Waals surface area contributed by atoms with E-state index < -0.39 is 21.3 Å². The molecule has 5 saturated carbocycles. The largest absolute Gasteiger partial charge is 0.393 e. The molecule has 5 rings (SSSR count). The summed E-state index contributed by atoms with van der Waals surface area (Å²) in [5.74, 6) is 3.33. The lowest BCUT2D eigenvalue weighted by molar-refractivity contribution is -0.203. The van der Waals surface area contributed by atoms with Gasteiger partial charge in [-0.2, -0.15) is 0 Å². The van der Waals surface area contributed by atoms with Crippen molar-refractivity contribution in [2.75, 3.05) is 6.54 Å². The molecule has 0 radical (unpaired) electrons. The highest BCUT2D eigenvalue weighted by atomic mass is 32.2. The highest BCUT2D eigenvalue weighted by molar-refractivity contribution is 7.90. The number of rotatable bonds is 8. The van der Waals surface area contributed by atoms with E-state index in [1.807, 2.05) is 0 Å². The first-order valence-corrected chi connectivity index (χ1v) is 17.1. The Morgan fingerprint density at radius 2 is 1.66 bits per heavy atom. The molecule has 0 aliphatic heterocycles. The molecule has 218 valence electrons. The van der Waals surface area contributed by atoms with Gasteiger partial charge in [0.15, 0.2) is 0 Å². The maximum Gasteiger partial charge on any atom is 0.328 e. The lowest BCUT2D eigenvalue weighted by Gasteiger charge is -2.64. The predicted molar refractivity (Wildman–Crippen MR) is 149 cm³/mol. The zero-order chi connectivity index (χ0) is 27.5. The van der Waals surface area contributed by atoms with Gasteiger partial charge in [0.25, 0.3) is 0 Å². The molecule has 0 saturated heterocycles. The summed E-state index contributed by atoms with van der Waals surface area (Å²) in [6, 6.07) is -0.602. The number of amides is 2. The fourth-order valence-electron chi connectivity index (χ4n) is 10.4. The molecule has 8 heteroatoms. The van der Waals surface area contributed by atoms with Gasteiger partial charge in [0.1, 0.15) is 0 Å². The number of fused-ring (bicyclic) bond motifs is 5. The summed E-state index contributed by atoms with van der Waals surface area (Å²) >= 11 is 0. The van der Waals surface area contributed by atoms with E-state index in [2.05, 4.69) is 37.7 Å². The Labute approximate surface area is 230 Å². The average Bonchev–Trinajstić information content (AvgIpc) is 3.66. The molecule has 5 aliphatic carbocycles. The number of sulfonamides is 1. The van der Waals surface area contributed by atoms with Gasteiger partial charge in [0.2, 0.25) is 10.0 Å². The van der Waals surface area contributed by atoms with Crippen molar-refractivity contribution in [3.63, 3.8) is 0 Å². The highest BCUT2D eigenvalue weighted by Gasteiger charge is 2.64. The zero-order valence-corrected chi connectivity index (χ0v) is 24.8. The Morgan fingerprint density at radius 3 is 2.34 bits per heavy atom. The van der Waals surface area contributed by atoms with E-state index in [4.69, 9.17) is 0 Å². The summed E-state index contributed by atoms with van der Waals surface area (Å²) in [4.78, 5) is 12.1. The third-order valence-electron chi connectivity index (χ3n) is 12.5. The van der Waals surface area contributed by atoms with Crippen LogP contribution in [0.1, 0.15) is 105 Å². The minimum Gasteiger partial charge on any atom is -0.393 e. The van der Waals surface area contributed by atoms with Gasteiger partial charge in [0.05, 0.1) is 17.5 Å². The smallest absolute Gasteiger partial charge is 0.328 e. The molecule has 0 aromatic carbocycles. The SMILES string of the molecule is CC[C@H]1[C@@H](O)[C@@H]2[C@H](CC[C@]3(C)[C@@H]([C@H](C)CCCNC(=O)NS(=O)(=O)C4CC4)CC[C@@H]23)[C@@]2(C)CC[C@@H](O)C[C@@H]12. The van der Waals surface area contributed by atoms with Gasteiger partial charge in [-0.15, -0.1) is 0 Å². The molecule has 5 fully saturated rings. The van der Waals surface area contributed by atoms with Crippen molar-refractivity contribution >= 4 is 16.1 Å². The van der Waals surface area contributed by atoms with Gasteiger partial charge in [-0.05, 0) is 123 Å². The average molecular weight is 553 g/mol. The number of aliphatic hydroxyl groups excluding tert-OH is 2. The summed E-state index contributed by atoms with van der Waals surface area (Å²) in [6.45, 7) is 10.1. The number of carbonyl (C=O) groups excluding carboxylic acids is 1. The second-order valence-corrected chi connectivity index (χ2v) is 16.3. The van der Waals surface area contributed by atoms with Gasteiger partial charge in [-0.1, -0.05) is 34.1 Å². The van der Waals surface area contributed by atoms with Gasteiger partial charge in [-0.25, -0.2) is 17.9 Å². The fraction of sp³-hybridized carbons (Fsp3) is 0.967. The molecule has 5 aliphatic rings. The Morgan fingerprint density at radius 1 is 0.974 bits per heavy atom. The third kappa shape index (κ3) is 4.93. The lowest BCUT2D eigenvalue weighted by Crippen LogP contribution is -2.62. The molecule has 4 N–H and O–H groups in total. The molecule has 2 amide bonds. The minimum absolute atomic E-state index is 0.209. The second kappa shape index (κ2) is 10.5. The Kier molecular flexibility index (Phi) is 7.93. The number of aliphatic hydroxyl groups is 2. The quantitative estimate of drug-likeness (QED) is 0.322. The molecule has 0 aromatic rings. The number of carbonyl (C=O) groups is 1. The van der Waals surface area contributed by atoms with Crippen LogP contribution in [0.4, 0.5) is 4.79 Å². The van der Waals surface area contributed by atoms with Crippen LogP contribution >= 0.6 is 0 Å². The first kappa shape index (κ1) is 28.7. The van der Waals surface area contributed by atoms with Crippen LogP contribution in [0.25, 0.3) is 0 Å². The molecule has 0 aromatic heterocycles. The van der Waals surface area contributed by atoms with Crippen LogP contribution in [0.3, 0.4) is 0 Å². The van der Waals surface area contributed by atoms with Crippen molar-refractivity contribution in [1.29, 1.82) is 0 Å².